The first-order valence-corrected chi connectivity index (χ1v) is 5.75. The molecule has 0 spiro atoms. The highest BCUT2D eigenvalue weighted by molar-refractivity contribution is 7.81. The summed E-state index contributed by atoms with van der Waals surface area (Å²) in [5.41, 5.74) is 1.06. The Morgan fingerprint density at radius 1 is 1.40 bits per heavy atom. The molecule has 1 rings (SSSR count). The number of carbonyl (C=O) groups is 1. The minimum Gasteiger partial charge on any atom is -0.478 e. The van der Waals surface area contributed by atoms with Gasteiger partial charge in [0.2, 0.25) is 0 Å². The molecule has 0 radical (unpaired) electrons. The van der Waals surface area contributed by atoms with Crippen molar-refractivity contribution in [2.75, 3.05) is 16.8 Å². The van der Waals surface area contributed by atoms with Crippen molar-refractivity contribution in [2.45, 2.75) is 6.04 Å². The van der Waals surface area contributed by atoms with Crippen LogP contribution in [0.15, 0.2) is 24.3 Å². The van der Waals surface area contributed by atoms with E-state index in [1.165, 1.54) is 0 Å². The van der Waals surface area contributed by atoms with E-state index >= 15 is 0 Å². The van der Waals surface area contributed by atoms with Crippen LogP contribution in [-0.2, 0) is 0 Å². The number of anilines is 1. The molecule has 1 aromatic rings. The number of aromatic carboxylic acids is 1. The highest BCUT2D eigenvalue weighted by atomic mass is 32.1. The summed E-state index contributed by atoms with van der Waals surface area (Å²) in [6.07, 6.45) is 0. The summed E-state index contributed by atoms with van der Waals surface area (Å²) >= 11 is 8.33. The van der Waals surface area contributed by atoms with Crippen LogP contribution in [0.1, 0.15) is 10.4 Å². The number of rotatable bonds is 5. The lowest BCUT2D eigenvalue weighted by molar-refractivity contribution is 0.0697. The van der Waals surface area contributed by atoms with Gasteiger partial charge in [0.1, 0.15) is 0 Å². The average Bonchev–Trinajstić information content (AvgIpc) is 2.26. The summed E-state index contributed by atoms with van der Waals surface area (Å²) < 4.78 is 0. The van der Waals surface area contributed by atoms with E-state index in [-0.39, 0.29) is 11.6 Å². The standard InChI is InChI=1S/C10H13NO2S2/c12-10(13)7-2-1-3-8(4-7)11-9(5-14)6-15/h1-4,9,11,14-15H,5-6H2,(H,12,13). The molecule has 2 N–H and O–H groups in total. The van der Waals surface area contributed by atoms with Gasteiger partial charge in [-0.25, -0.2) is 4.79 Å². The fraction of sp³-hybridized carbons (Fsp3) is 0.300. The molecular formula is C10H13NO2S2. The van der Waals surface area contributed by atoms with E-state index in [0.717, 1.165) is 5.69 Å². The molecule has 1 aromatic carbocycles. The molecule has 5 heteroatoms. The van der Waals surface area contributed by atoms with Crippen LogP contribution in [-0.4, -0.2) is 28.6 Å². The van der Waals surface area contributed by atoms with Crippen LogP contribution in [0.5, 0.6) is 0 Å². The summed E-state index contributed by atoms with van der Waals surface area (Å²) in [5, 5.41) is 12.0. The molecule has 0 heterocycles. The zero-order chi connectivity index (χ0) is 11.3. The highest BCUT2D eigenvalue weighted by Crippen LogP contribution is 2.12. The third kappa shape index (κ3) is 3.68. The number of nitrogens with one attached hydrogen (secondary N) is 1. The molecule has 0 saturated heterocycles. The Morgan fingerprint density at radius 3 is 2.60 bits per heavy atom. The van der Waals surface area contributed by atoms with Gasteiger partial charge in [0, 0.05) is 23.2 Å². The predicted molar refractivity (Wildman–Crippen MR) is 68.5 cm³/mol. The second-order valence-electron chi connectivity index (χ2n) is 3.09. The van der Waals surface area contributed by atoms with E-state index in [4.69, 9.17) is 5.11 Å². The lowest BCUT2D eigenvalue weighted by atomic mass is 10.2. The third-order valence-corrected chi connectivity index (χ3v) is 2.80. The maximum Gasteiger partial charge on any atom is 0.335 e. The Balaban J connectivity index is 2.77. The monoisotopic (exact) mass is 243 g/mol. The van der Waals surface area contributed by atoms with E-state index in [1.807, 2.05) is 6.07 Å². The number of hydrogen-bond acceptors (Lipinski definition) is 4. The number of benzene rings is 1. The molecule has 0 amide bonds. The van der Waals surface area contributed by atoms with Gasteiger partial charge < -0.3 is 10.4 Å². The normalized spacial score (nSPS) is 10.3. The van der Waals surface area contributed by atoms with Crippen LogP contribution in [0, 0.1) is 0 Å². The van der Waals surface area contributed by atoms with Crippen LogP contribution in [0.3, 0.4) is 0 Å². The number of hydrogen-bond donors (Lipinski definition) is 4. The third-order valence-electron chi connectivity index (χ3n) is 1.92. The molecular weight excluding hydrogens is 230 g/mol. The van der Waals surface area contributed by atoms with Gasteiger partial charge in [0.05, 0.1) is 5.56 Å². The molecule has 0 fully saturated rings. The lowest BCUT2D eigenvalue weighted by Crippen LogP contribution is -2.23. The van der Waals surface area contributed by atoms with Crippen LogP contribution in [0.25, 0.3) is 0 Å². The van der Waals surface area contributed by atoms with E-state index in [9.17, 15) is 4.79 Å². The molecule has 3 nitrogen and oxygen atoms in total. The maximum absolute atomic E-state index is 10.7. The topological polar surface area (TPSA) is 49.3 Å². The minimum atomic E-state index is -0.924. The van der Waals surface area contributed by atoms with Gasteiger partial charge in [0.15, 0.2) is 0 Å². The molecule has 0 aliphatic rings. The van der Waals surface area contributed by atoms with Crippen molar-refractivity contribution < 1.29 is 9.90 Å². The van der Waals surface area contributed by atoms with Crippen molar-refractivity contribution in [3.63, 3.8) is 0 Å². The summed E-state index contributed by atoms with van der Waals surface area (Å²) in [7, 11) is 0. The molecule has 0 aromatic heterocycles. The van der Waals surface area contributed by atoms with Crippen LogP contribution in [0.2, 0.25) is 0 Å². The van der Waals surface area contributed by atoms with Crippen LogP contribution >= 0.6 is 25.3 Å². The Bertz CT molecular complexity index is 340. The Kier molecular flexibility index (Phi) is 4.84. The van der Waals surface area contributed by atoms with Crippen molar-refractivity contribution in [3.8, 4) is 0 Å². The zero-order valence-corrected chi connectivity index (χ0v) is 9.84. The smallest absolute Gasteiger partial charge is 0.335 e. The van der Waals surface area contributed by atoms with Gasteiger partial charge in [-0.2, -0.15) is 25.3 Å². The molecule has 0 aliphatic carbocycles. The van der Waals surface area contributed by atoms with Gasteiger partial charge in [-0.3, -0.25) is 0 Å². The molecule has 0 bridgehead atoms. The first-order chi connectivity index (χ1) is 7.17. The quantitative estimate of drug-likeness (QED) is 0.599. The SMILES string of the molecule is O=C(O)c1cccc(NC(CS)CS)c1. The van der Waals surface area contributed by atoms with Crippen molar-refractivity contribution in [2.24, 2.45) is 0 Å². The molecule has 0 aliphatic heterocycles. The summed E-state index contributed by atoms with van der Waals surface area (Å²) in [6.45, 7) is 0. The predicted octanol–water partition coefficient (Wildman–Crippen LogP) is 2.02. The second kappa shape index (κ2) is 5.92. The Morgan fingerprint density at radius 2 is 2.07 bits per heavy atom. The first kappa shape index (κ1) is 12.3. The summed E-state index contributed by atoms with van der Waals surface area (Å²) in [5.74, 6) is 0.383. The first-order valence-electron chi connectivity index (χ1n) is 4.49. The molecule has 0 saturated carbocycles. The number of carboxylic acid groups (broad SMARTS) is 1. The highest BCUT2D eigenvalue weighted by Gasteiger charge is 2.06. The zero-order valence-electron chi connectivity index (χ0n) is 8.05. The minimum absolute atomic E-state index is 0.140. The molecule has 82 valence electrons. The van der Waals surface area contributed by atoms with Crippen LogP contribution < -0.4 is 5.32 Å². The Hall–Kier alpha value is -0.810. The maximum atomic E-state index is 10.7. The van der Waals surface area contributed by atoms with Gasteiger partial charge in [-0.15, -0.1) is 0 Å². The van der Waals surface area contributed by atoms with Crippen molar-refractivity contribution >= 4 is 36.9 Å². The Labute approximate surface area is 99.7 Å². The van der Waals surface area contributed by atoms with E-state index in [0.29, 0.717) is 11.5 Å². The average molecular weight is 243 g/mol. The number of carboxylic acids is 1. The number of thiol groups is 2. The van der Waals surface area contributed by atoms with E-state index in [1.54, 1.807) is 18.2 Å². The molecule has 15 heavy (non-hydrogen) atoms. The van der Waals surface area contributed by atoms with Gasteiger partial charge in [0.25, 0.3) is 0 Å². The molecule has 0 atom stereocenters. The van der Waals surface area contributed by atoms with Crippen molar-refractivity contribution in [1.82, 2.24) is 0 Å². The van der Waals surface area contributed by atoms with Gasteiger partial charge >= 0.3 is 5.97 Å². The fourth-order valence-electron chi connectivity index (χ4n) is 1.13. The summed E-state index contributed by atoms with van der Waals surface area (Å²) in [4.78, 5) is 10.7. The summed E-state index contributed by atoms with van der Waals surface area (Å²) in [6, 6.07) is 6.83. The van der Waals surface area contributed by atoms with Gasteiger partial charge in [-0.05, 0) is 18.2 Å². The van der Waals surface area contributed by atoms with Crippen molar-refractivity contribution in [1.29, 1.82) is 0 Å². The molecule has 0 unspecified atom stereocenters. The largest absolute Gasteiger partial charge is 0.478 e. The van der Waals surface area contributed by atoms with E-state index < -0.39 is 5.97 Å². The van der Waals surface area contributed by atoms with Crippen molar-refractivity contribution in [3.05, 3.63) is 29.8 Å². The van der Waals surface area contributed by atoms with Crippen LogP contribution in [0.4, 0.5) is 5.69 Å². The lowest BCUT2D eigenvalue weighted by Gasteiger charge is -2.15. The van der Waals surface area contributed by atoms with E-state index in [2.05, 4.69) is 30.6 Å². The second-order valence-corrected chi connectivity index (χ2v) is 3.82. The fourth-order valence-corrected chi connectivity index (χ4v) is 1.77. The van der Waals surface area contributed by atoms with Gasteiger partial charge in [-0.1, -0.05) is 6.07 Å².